The minimum Gasteiger partial charge on any atom is -0.507 e. The van der Waals surface area contributed by atoms with Crippen molar-refractivity contribution in [1.29, 1.82) is 0 Å². The number of aromatic hydroxyl groups is 1. The van der Waals surface area contributed by atoms with Crippen LogP contribution in [-0.2, 0) is 4.74 Å². The molecule has 0 atom stereocenters. The summed E-state index contributed by atoms with van der Waals surface area (Å²) in [6.45, 7) is 4.90. The van der Waals surface area contributed by atoms with Crippen molar-refractivity contribution in [3.8, 4) is 22.1 Å². The first-order valence-electron chi connectivity index (χ1n) is 9.74. The number of fused-ring (bicyclic) bond motifs is 1. The first-order valence-corrected chi connectivity index (χ1v) is 10.9. The van der Waals surface area contributed by atoms with E-state index in [1.807, 2.05) is 0 Å². The summed E-state index contributed by atoms with van der Waals surface area (Å²) in [4.78, 5) is 18.9. The summed E-state index contributed by atoms with van der Waals surface area (Å²) in [7, 11) is 0. The Balaban J connectivity index is 1.34. The van der Waals surface area contributed by atoms with Gasteiger partial charge in [-0.3, -0.25) is 4.90 Å². The molecule has 1 aliphatic heterocycles. The summed E-state index contributed by atoms with van der Waals surface area (Å²) in [6.07, 6.45) is 0.378. The van der Waals surface area contributed by atoms with Crippen molar-refractivity contribution in [3.63, 3.8) is 0 Å². The number of morpholine rings is 1. The van der Waals surface area contributed by atoms with Gasteiger partial charge in [-0.1, -0.05) is 11.6 Å². The standard InChI is InChI=1S/C21H22ClN3O4S/c22-14-2-5-18(26)16(12-14)20-24-17-4-3-15(13-19(17)30-20)29-21(27)23-6-1-7-25-8-10-28-11-9-25/h2-5,12-13,26H,1,6-11H2,(H,23,27). The SMILES string of the molecule is O=C(NCCCN1CCOCC1)Oc1ccc2nc(-c3cc(Cl)ccc3O)sc2c1. The minimum absolute atomic E-state index is 0.117. The van der Waals surface area contributed by atoms with Crippen molar-refractivity contribution < 1.29 is 19.4 Å². The zero-order valence-electron chi connectivity index (χ0n) is 16.3. The molecule has 4 rings (SSSR count). The number of ether oxygens (including phenoxy) is 2. The molecule has 2 heterocycles. The van der Waals surface area contributed by atoms with Crippen molar-refractivity contribution in [1.82, 2.24) is 15.2 Å². The van der Waals surface area contributed by atoms with Gasteiger partial charge in [-0.15, -0.1) is 11.3 Å². The molecular weight excluding hydrogens is 426 g/mol. The van der Waals surface area contributed by atoms with Crippen LogP contribution in [0.2, 0.25) is 5.02 Å². The van der Waals surface area contributed by atoms with Gasteiger partial charge in [0, 0.05) is 30.7 Å². The van der Waals surface area contributed by atoms with E-state index in [1.54, 1.807) is 36.4 Å². The number of nitrogens with zero attached hydrogens (tertiary/aromatic N) is 2. The fraction of sp³-hybridized carbons (Fsp3) is 0.333. The molecule has 2 aromatic carbocycles. The summed E-state index contributed by atoms with van der Waals surface area (Å²) in [5.74, 6) is 0.560. The topological polar surface area (TPSA) is 83.9 Å². The number of carbonyl (C=O) groups excluding carboxylic acids is 1. The maximum atomic E-state index is 12.1. The van der Waals surface area contributed by atoms with Gasteiger partial charge in [-0.05, 0) is 43.3 Å². The highest BCUT2D eigenvalue weighted by Gasteiger charge is 2.13. The number of aromatic nitrogens is 1. The van der Waals surface area contributed by atoms with Crippen LogP contribution < -0.4 is 10.1 Å². The van der Waals surface area contributed by atoms with E-state index in [0.29, 0.717) is 27.9 Å². The fourth-order valence-corrected chi connectivity index (χ4v) is 4.42. The Kier molecular flexibility index (Phi) is 6.69. The Bertz CT molecular complexity index is 1040. The molecule has 1 aromatic heterocycles. The lowest BCUT2D eigenvalue weighted by atomic mass is 10.2. The van der Waals surface area contributed by atoms with E-state index in [9.17, 15) is 9.90 Å². The number of rotatable bonds is 6. The summed E-state index contributed by atoms with van der Waals surface area (Å²) in [6, 6.07) is 10.1. The highest BCUT2D eigenvalue weighted by atomic mass is 35.5. The number of thiazole rings is 1. The molecule has 30 heavy (non-hydrogen) atoms. The van der Waals surface area contributed by atoms with Gasteiger partial charge in [0.1, 0.15) is 16.5 Å². The summed E-state index contributed by atoms with van der Waals surface area (Å²) in [5.41, 5.74) is 1.33. The van der Waals surface area contributed by atoms with Gasteiger partial charge in [0.2, 0.25) is 0 Å². The lowest BCUT2D eigenvalue weighted by Gasteiger charge is -2.26. The Hall–Kier alpha value is -2.39. The Morgan fingerprint density at radius 2 is 2.10 bits per heavy atom. The van der Waals surface area contributed by atoms with Crippen molar-refractivity contribution >= 4 is 39.2 Å². The normalized spacial score (nSPS) is 14.7. The molecule has 0 unspecified atom stereocenters. The number of halogens is 1. The largest absolute Gasteiger partial charge is 0.507 e. The van der Waals surface area contributed by atoms with Crippen LogP contribution in [0.3, 0.4) is 0 Å². The zero-order valence-corrected chi connectivity index (χ0v) is 17.8. The monoisotopic (exact) mass is 447 g/mol. The van der Waals surface area contributed by atoms with Crippen molar-refractivity contribution in [3.05, 3.63) is 41.4 Å². The molecule has 1 amide bonds. The highest BCUT2D eigenvalue weighted by molar-refractivity contribution is 7.21. The van der Waals surface area contributed by atoms with Crippen molar-refractivity contribution in [2.24, 2.45) is 0 Å². The van der Waals surface area contributed by atoms with Crippen LogP contribution in [0.25, 0.3) is 20.8 Å². The lowest BCUT2D eigenvalue weighted by Crippen LogP contribution is -2.38. The molecule has 1 saturated heterocycles. The zero-order chi connectivity index (χ0) is 20.9. The molecule has 1 aliphatic rings. The predicted molar refractivity (Wildman–Crippen MR) is 118 cm³/mol. The highest BCUT2D eigenvalue weighted by Crippen LogP contribution is 2.37. The van der Waals surface area contributed by atoms with Gasteiger partial charge < -0.3 is 19.9 Å². The Labute approximate surface area is 183 Å². The third-order valence-corrected chi connectivity index (χ3v) is 6.07. The van der Waals surface area contributed by atoms with Crippen molar-refractivity contribution in [2.75, 3.05) is 39.4 Å². The quantitative estimate of drug-likeness (QED) is 0.553. The number of amides is 1. The van der Waals surface area contributed by atoms with E-state index in [4.69, 9.17) is 21.1 Å². The molecule has 1 fully saturated rings. The van der Waals surface area contributed by atoms with Crippen LogP contribution in [-0.4, -0.2) is 60.5 Å². The van der Waals surface area contributed by atoms with E-state index in [1.165, 1.54) is 11.3 Å². The van der Waals surface area contributed by atoms with Crippen LogP contribution in [0.4, 0.5) is 4.79 Å². The maximum Gasteiger partial charge on any atom is 0.412 e. The molecule has 2 N–H and O–H groups in total. The Morgan fingerprint density at radius 1 is 1.27 bits per heavy atom. The van der Waals surface area contributed by atoms with Gasteiger partial charge in [0.15, 0.2) is 0 Å². The third-order valence-electron chi connectivity index (χ3n) is 4.78. The number of carbonyl (C=O) groups is 1. The molecule has 0 aliphatic carbocycles. The molecule has 3 aromatic rings. The van der Waals surface area contributed by atoms with Crippen LogP contribution in [0, 0.1) is 0 Å². The van der Waals surface area contributed by atoms with Crippen LogP contribution in [0.1, 0.15) is 6.42 Å². The summed E-state index contributed by atoms with van der Waals surface area (Å²) in [5, 5.41) is 14.1. The molecule has 9 heteroatoms. The number of hydrogen-bond acceptors (Lipinski definition) is 7. The first-order chi connectivity index (χ1) is 14.6. The number of phenolic OH excluding ortho intramolecular Hbond substituents is 1. The maximum absolute atomic E-state index is 12.1. The smallest absolute Gasteiger partial charge is 0.412 e. The lowest BCUT2D eigenvalue weighted by molar-refractivity contribution is 0.0375. The third kappa shape index (κ3) is 5.20. The van der Waals surface area contributed by atoms with E-state index < -0.39 is 6.09 Å². The molecule has 0 spiro atoms. The molecule has 7 nitrogen and oxygen atoms in total. The second-order valence-corrected chi connectivity index (χ2v) is 8.40. The summed E-state index contributed by atoms with van der Waals surface area (Å²) < 4.78 is 11.6. The minimum atomic E-state index is -0.478. The molecular formula is C21H22ClN3O4S. The van der Waals surface area contributed by atoms with E-state index in [-0.39, 0.29) is 5.75 Å². The number of phenols is 1. The van der Waals surface area contributed by atoms with E-state index >= 15 is 0 Å². The number of benzene rings is 2. The first kappa shape index (κ1) is 20.9. The van der Waals surface area contributed by atoms with Crippen LogP contribution >= 0.6 is 22.9 Å². The number of nitrogens with one attached hydrogen (secondary N) is 1. The Morgan fingerprint density at radius 3 is 2.93 bits per heavy atom. The predicted octanol–water partition coefficient (Wildman–Crippen LogP) is 4.13. The number of hydrogen-bond donors (Lipinski definition) is 2. The van der Waals surface area contributed by atoms with Gasteiger partial charge in [-0.25, -0.2) is 9.78 Å². The molecule has 0 saturated carbocycles. The summed E-state index contributed by atoms with van der Waals surface area (Å²) >= 11 is 7.43. The molecule has 0 radical (unpaired) electrons. The van der Waals surface area contributed by atoms with Crippen LogP contribution in [0.5, 0.6) is 11.5 Å². The average molecular weight is 448 g/mol. The molecule has 158 valence electrons. The second-order valence-electron chi connectivity index (χ2n) is 6.93. The van der Waals surface area contributed by atoms with Gasteiger partial charge in [0.25, 0.3) is 0 Å². The van der Waals surface area contributed by atoms with Crippen molar-refractivity contribution in [2.45, 2.75) is 6.42 Å². The second kappa shape index (κ2) is 9.61. The average Bonchev–Trinajstić information content (AvgIpc) is 3.17. The van der Waals surface area contributed by atoms with Gasteiger partial charge in [0.05, 0.1) is 29.0 Å². The molecule has 0 bridgehead atoms. The fourth-order valence-electron chi connectivity index (χ4n) is 3.22. The van der Waals surface area contributed by atoms with E-state index in [2.05, 4.69) is 15.2 Å². The van der Waals surface area contributed by atoms with E-state index in [0.717, 1.165) is 49.5 Å². The van der Waals surface area contributed by atoms with Gasteiger partial charge >= 0.3 is 6.09 Å². The van der Waals surface area contributed by atoms with Gasteiger partial charge in [-0.2, -0.15) is 0 Å². The van der Waals surface area contributed by atoms with Crippen LogP contribution in [0.15, 0.2) is 36.4 Å².